The van der Waals surface area contributed by atoms with Crippen LogP contribution in [-0.4, -0.2) is 35.8 Å². The zero-order chi connectivity index (χ0) is 14.2. The smallest absolute Gasteiger partial charge is 0.416 e. The SMILES string of the molecule is CN1C(=O)OC(c2ccccc2C(F)(F)F)C1CO. The van der Waals surface area contributed by atoms with Crippen molar-refractivity contribution in [2.24, 2.45) is 0 Å². The lowest BCUT2D eigenvalue weighted by Gasteiger charge is -2.22. The summed E-state index contributed by atoms with van der Waals surface area (Å²) >= 11 is 0. The molecule has 4 nitrogen and oxygen atoms in total. The molecular formula is C12H12F3NO3. The Morgan fingerprint density at radius 2 is 2.00 bits per heavy atom. The fourth-order valence-electron chi connectivity index (χ4n) is 2.10. The van der Waals surface area contributed by atoms with E-state index in [2.05, 4.69) is 0 Å². The second kappa shape index (κ2) is 4.73. The predicted molar refractivity (Wildman–Crippen MR) is 59.3 cm³/mol. The maximum atomic E-state index is 12.9. The first-order valence-corrected chi connectivity index (χ1v) is 5.56. The molecule has 0 radical (unpaired) electrons. The Bertz CT molecular complexity index is 489. The maximum Gasteiger partial charge on any atom is 0.416 e. The monoisotopic (exact) mass is 275 g/mol. The molecule has 0 aromatic heterocycles. The van der Waals surface area contributed by atoms with Crippen molar-refractivity contribution in [1.29, 1.82) is 0 Å². The molecule has 1 fully saturated rings. The molecule has 104 valence electrons. The van der Waals surface area contributed by atoms with E-state index in [1.165, 1.54) is 25.2 Å². The molecule has 0 spiro atoms. The van der Waals surface area contributed by atoms with Gasteiger partial charge in [0.1, 0.15) is 0 Å². The van der Waals surface area contributed by atoms with Gasteiger partial charge in [-0.1, -0.05) is 18.2 Å². The normalized spacial score (nSPS) is 23.6. The topological polar surface area (TPSA) is 49.8 Å². The van der Waals surface area contributed by atoms with Gasteiger partial charge >= 0.3 is 12.3 Å². The first-order chi connectivity index (χ1) is 8.86. The Labute approximate surface area is 107 Å². The molecule has 1 heterocycles. The number of carbonyl (C=O) groups is 1. The summed E-state index contributed by atoms with van der Waals surface area (Å²) in [5.41, 5.74) is -1.01. The molecule has 1 aliphatic heterocycles. The van der Waals surface area contributed by atoms with Crippen molar-refractivity contribution in [3.63, 3.8) is 0 Å². The van der Waals surface area contributed by atoms with E-state index in [9.17, 15) is 23.1 Å². The summed E-state index contributed by atoms with van der Waals surface area (Å²) in [6.07, 6.45) is -6.41. The van der Waals surface area contributed by atoms with E-state index in [0.717, 1.165) is 11.0 Å². The van der Waals surface area contributed by atoms with Gasteiger partial charge in [0.05, 0.1) is 18.2 Å². The standard InChI is InChI=1S/C12H12F3NO3/c1-16-9(6-17)10(19-11(16)18)7-4-2-3-5-8(7)12(13,14)15/h2-5,9-10,17H,6H2,1H3. The molecule has 0 saturated carbocycles. The number of rotatable bonds is 2. The number of nitrogens with zero attached hydrogens (tertiary/aromatic N) is 1. The average molecular weight is 275 g/mol. The molecule has 19 heavy (non-hydrogen) atoms. The molecule has 2 unspecified atom stereocenters. The van der Waals surface area contributed by atoms with Gasteiger partial charge < -0.3 is 14.7 Å². The highest BCUT2D eigenvalue weighted by Crippen LogP contribution is 2.39. The van der Waals surface area contributed by atoms with Gasteiger partial charge in [0.2, 0.25) is 0 Å². The van der Waals surface area contributed by atoms with Gasteiger partial charge in [-0.25, -0.2) is 4.79 Å². The third-order valence-electron chi connectivity index (χ3n) is 3.12. The number of amides is 1. The van der Waals surface area contributed by atoms with Crippen LogP contribution in [0.25, 0.3) is 0 Å². The Balaban J connectivity index is 2.45. The number of halogens is 3. The summed E-state index contributed by atoms with van der Waals surface area (Å²) in [4.78, 5) is 12.5. The number of alkyl halides is 3. The van der Waals surface area contributed by atoms with E-state index in [0.29, 0.717) is 0 Å². The van der Waals surface area contributed by atoms with Gasteiger partial charge in [0.15, 0.2) is 6.10 Å². The van der Waals surface area contributed by atoms with Crippen LogP contribution in [0.1, 0.15) is 17.2 Å². The lowest BCUT2D eigenvalue weighted by Crippen LogP contribution is -2.34. The van der Waals surface area contributed by atoms with Crippen molar-refractivity contribution in [1.82, 2.24) is 4.90 Å². The maximum absolute atomic E-state index is 12.9. The molecule has 1 N–H and O–H groups in total. The molecule has 1 aromatic rings. The van der Waals surface area contributed by atoms with Crippen LogP contribution in [-0.2, 0) is 10.9 Å². The lowest BCUT2D eigenvalue weighted by atomic mass is 9.97. The summed E-state index contributed by atoms with van der Waals surface area (Å²) in [6, 6.07) is 4.06. The summed E-state index contributed by atoms with van der Waals surface area (Å²) < 4.78 is 43.7. The Kier molecular flexibility index (Phi) is 3.40. The lowest BCUT2D eigenvalue weighted by molar-refractivity contribution is -0.139. The molecule has 1 saturated heterocycles. The van der Waals surface area contributed by atoms with Crippen LogP contribution in [0.3, 0.4) is 0 Å². The molecule has 2 rings (SSSR count). The second-order valence-corrected chi connectivity index (χ2v) is 4.25. The van der Waals surface area contributed by atoms with E-state index < -0.39 is 36.6 Å². The Morgan fingerprint density at radius 1 is 1.37 bits per heavy atom. The first-order valence-electron chi connectivity index (χ1n) is 5.56. The average Bonchev–Trinajstić information content (AvgIpc) is 2.64. The Hall–Kier alpha value is -1.76. The van der Waals surface area contributed by atoms with Gasteiger partial charge in [0, 0.05) is 12.6 Å². The number of benzene rings is 1. The largest absolute Gasteiger partial charge is 0.439 e. The van der Waals surface area contributed by atoms with Crippen LogP contribution in [0.5, 0.6) is 0 Å². The summed E-state index contributed by atoms with van der Waals surface area (Å²) in [7, 11) is 1.37. The summed E-state index contributed by atoms with van der Waals surface area (Å²) in [5, 5.41) is 9.22. The number of hydrogen-bond acceptors (Lipinski definition) is 3. The third kappa shape index (κ3) is 2.37. The van der Waals surface area contributed by atoms with Crippen molar-refractivity contribution in [3.05, 3.63) is 35.4 Å². The minimum absolute atomic E-state index is 0.147. The fraction of sp³-hybridized carbons (Fsp3) is 0.417. The van der Waals surface area contributed by atoms with E-state index in [1.54, 1.807) is 0 Å². The number of likely N-dealkylation sites (N-methyl/N-ethyl adjacent to an activating group) is 1. The van der Waals surface area contributed by atoms with E-state index >= 15 is 0 Å². The van der Waals surface area contributed by atoms with Crippen LogP contribution >= 0.6 is 0 Å². The number of carbonyl (C=O) groups excluding carboxylic acids is 1. The Morgan fingerprint density at radius 3 is 2.58 bits per heavy atom. The van der Waals surface area contributed by atoms with Crippen molar-refractivity contribution in [3.8, 4) is 0 Å². The van der Waals surface area contributed by atoms with Gasteiger partial charge in [-0.15, -0.1) is 0 Å². The number of aliphatic hydroxyl groups excluding tert-OH is 1. The van der Waals surface area contributed by atoms with Gasteiger partial charge in [-0.2, -0.15) is 13.2 Å². The molecule has 1 aliphatic rings. The van der Waals surface area contributed by atoms with Crippen LogP contribution in [0.4, 0.5) is 18.0 Å². The predicted octanol–water partition coefficient (Wildman–Crippen LogP) is 2.19. The second-order valence-electron chi connectivity index (χ2n) is 4.25. The molecule has 2 atom stereocenters. The van der Waals surface area contributed by atoms with Gasteiger partial charge in [-0.05, 0) is 6.07 Å². The minimum Gasteiger partial charge on any atom is -0.439 e. The highest BCUT2D eigenvalue weighted by molar-refractivity contribution is 5.71. The highest BCUT2D eigenvalue weighted by atomic mass is 19.4. The molecular weight excluding hydrogens is 263 g/mol. The van der Waals surface area contributed by atoms with Crippen LogP contribution in [0.2, 0.25) is 0 Å². The van der Waals surface area contributed by atoms with Crippen LogP contribution < -0.4 is 0 Å². The number of cyclic esters (lactones) is 1. The molecule has 0 bridgehead atoms. The minimum atomic E-state index is -4.54. The number of aliphatic hydroxyl groups is 1. The first kappa shape index (κ1) is 13.7. The van der Waals surface area contributed by atoms with Crippen molar-refractivity contribution in [2.45, 2.75) is 18.3 Å². The van der Waals surface area contributed by atoms with Crippen LogP contribution in [0.15, 0.2) is 24.3 Å². The summed E-state index contributed by atoms with van der Waals surface area (Å²) in [6.45, 7) is -0.473. The zero-order valence-electron chi connectivity index (χ0n) is 10.0. The van der Waals surface area contributed by atoms with Crippen molar-refractivity contribution >= 4 is 6.09 Å². The summed E-state index contributed by atoms with van der Waals surface area (Å²) in [5.74, 6) is 0. The molecule has 1 aromatic carbocycles. The third-order valence-corrected chi connectivity index (χ3v) is 3.12. The van der Waals surface area contributed by atoms with Crippen molar-refractivity contribution < 1.29 is 27.8 Å². The van der Waals surface area contributed by atoms with Crippen molar-refractivity contribution in [2.75, 3.05) is 13.7 Å². The van der Waals surface area contributed by atoms with Crippen LogP contribution in [0, 0.1) is 0 Å². The highest BCUT2D eigenvalue weighted by Gasteiger charge is 2.44. The quantitative estimate of drug-likeness (QED) is 0.900. The molecule has 1 amide bonds. The van der Waals surface area contributed by atoms with E-state index in [-0.39, 0.29) is 5.56 Å². The van der Waals surface area contributed by atoms with E-state index in [4.69, 9.17) is 4.74 Å². The number of hydrogen-bond donors (Lipinski definition) is 1. The number of ether oxygens (including phenoxy) is 1. The fourth-order valence-corrected chi connectivity index (χ4v) is 2.10. The van der Waals surface area contributed by atoms with Gasteiger partial charge in [0.25, 0.3) is 0 Å². The molecule has 0 aliphatic carbocycles. The van der Waals surface area contributed by atoms with E-state index in [1.807, 2.05) is 0 Å². The van der Waals surface area contributed by atoms with Gasteiger partial charge in [-0.3, -0.25) is 0 Å². The molecule has 7 heteroatoms. The zero-order valence-corrected chi connectivity index (χ0v) is 10.0.